The summed E-state index contributed by atoms with van der Waals surface area (Å²) in [6, 6.07) is 0. The molecule has 0 heterocycles. The highest BCUT2D eigenvalue weighted by Gasteiger charge is 2.37. The van der Waals surface area contributed by atoms with Crippen LogP contribution in [0.15, 0.2) is 0 Å². The number of hydrogen-bond donors (Lipinski definition) is 2. The number of halogens is 5. The molecule has 17 heavy (non-hydrogen) atoms. The zero-order chi connectivity index (χ0) is 13.5. The Kier molecular flexibility index (Phi) is 3.37. The molecule has 0 saturated heterocycles. The Hall–Kier alpha value is -1.31. The van der Waals surface area contributed by atoms with Gasteiger partial charge in [-0.25, -0.2) is 22.0 Å². The van der Waals surface area contributed by atoms with Crippen LogP contribution >= 0.6 is 7.60 Å². The Balaban J connectivity index is 3.67. The van der Waals surface area contributed by atoms with Crippen LogP contribution in [0.4, 0.5) is 22.0 Å². The molecule has 0 aliphatic heterocycles. The Labute approximate surface area is 89.8 Å². The van der Waals surface area contributed by atoms with Crippen molar-refractivity contribution in [3.63, 3.8) is 0 Å². The minimum atomic E-state index is -5.66. The Morgan fingerprint density at radius 3 is 1.41 bits per heavy atom. The van der Waals surface area contributed by atoms with Gasteiger partial charge in [0.05, 0.1) is 0 Å². The summed E-state index contributed by atoms with van der Waals surface area (Å²) in [4.78, 5) is 27.5. The van der Waals surface area contributed by atoms with E-state index in [9.17, 15) is 31.3 Å². The molecule has 0 fully saturated rings. The molecule has 0 atom stereocenters. The molecular weight excluding hydrogens is 274 g/mol. The van der Waals surface area contributed by atoms with Gasteiger partial charge < -0.3 is 9.79 Å². The Morgan fingerprint density at radius 1 is 0.824 bits per heavy atom. The molecule has 94 valence electrons. The zero-order valence-electron chi connectivity index (χ0n) is 7.55. The summed E-state index contributed by atoms with van der Waals surface area (Å²) in [7, 11) is -5.66. The number of rotatable bonds is 2. The lowest BCUT2D eigenvalue weighted by atomic mass is 10.2. The molecule has 0 radical (unpaired) electrons. The van der Waals surface area contributed by atoms with Crippen LogP contribution in [0, 0.1) is 29.1 Å². The van der Waals surface area contributed by atoms with E-state index in [1.807, 2.05) is 0 Å². The van der Waals surface area contributed by atoms with Gasteiger partial charge in [0.15, 0.2) is 23.3 Å². The summed E-state index contributed by atoms with van der Waals surface area (Å²) in [5, 5.41) is 0. The van der Waals surface area contributed by atoms with Gasteiger partial charge in [0.25, 0.3) is 5.52 Å². The molecule has 0 bridgehead atoms. The predicted molar refractivity (Wildman–Crippen MR) is 42.6 cm³/mol. The van der Waals surface area contributed by atoms with E-state index >= 15 is 0 Å². The summed E-state index contributed by atoms with van der Waals surface area (Å²) in [6.45, 7) is 0. The maximum Gasteiger partial charge on any atom is 0.396 e. The highest BCUT2D eigenvalue weighted by molar-refractivity contribution is 7.70. The van der Waals surface area contributed by atoms with E-state index < -0.39 is 47.8 Å². The van der Waals surface area contributed by atoms with E-state index in [2.05, 4.69) is 0 Å². The normalized spacial score (nSPS) is 11.7. The van der Waals surface area contributed by atoms with Gasteiger partial charge in [-0.15, -0.1) is 0 Å². The first-order valence-corrected chi connectivity index (χ1v) is 5.32. The van der Waals surface area contributed by atoms with Crippen molar-refractivity contribution in [3.05, 3.63) is 34.6 Å². The monoisotopic (exact) mass is 276 g/mol. The average molecular weight is 276 g/mol. The smallest absolute Gasteiger partial charge is 0.319 e. The van der Waals surface area contributed by atoms with E-state index in [0.717, 1.165) is 0 Å². The maximum atomic E-state index is 12.9. The van der Waals surface area contributed by atoms with Crippen LogP contribution < -0.4 is 0 Å². The van der Waals surface area contributed by atoms with Crippen molar-refractivity contribution >= 4 is 13.1 Å². The predicted octanol–water partition coefficient (Wildman–Crippen LogP) is 1.70. The number of carbonyl (C=O) groups is 1. The number of hydrogen-bond acceptors (Lipinski definition) is 2. The molecule has 0 aliphatic carbocycles. The molecule has 2 N–H and O–H groups in total. The van der Waals surface area contributed by atoms with Crippen LogP contribution in [0.2, 0.25) is 0 Å². The van der Waals surface area contributed by atoms with Crippen LogP contribution in [0.3, 0.4) is 0 Å². The first kappa shape index (κ1) is 13.8. The van der Waals surface area contributed by atoms with Gasteiger partial charge in [0.1, 0.15) is 5.56 Å². The van der Waals surface area contributed by atoms with E-state index in [0.29, 0.717) is 0 Å². The minimum Gasteiger partial charge on any atom is -0.319 e. The van der Waals surface area contributed by atoms with E-state index in [-0.39, 0.29) is 0 Å². The van der Waals surface area contributed by atoms with Crippen molar-refractivity contribution in [1.29, 1.82) is 0 Å². The molecule has 0 spiro atoms. The van der Waals surface area contributed by atoms with Gasteiger partial charge in [-0.2, -0.15) is 0 Å². The first-order chi connectivity index (χ1) is 7.59. The minimum absolute atomic E-state index is 2.16. The molecular formula is C7H2F5O4P. The van der Waals surface area contributed by atoms with Crippen LogP contribution in [-0.4, -0.2) is 15.3 Å². The fraction of sp³-hybridized carbons (Fsp3) is 0. The van der Waals surface area contributed by atoms with E-state index in [1.165, 1.54) is 0 Å². The van der Waals surface area contributed by atoms with Crippen molar-refractivity contribution in [2.75, 3.05) is 0 Å². The van der Waals surface area contributed by atoms with Crippen molar-refractivity contribution in [2.24, 2.45) is 0 Å². The van der Waals surface area contributed by atoms with Crippen molar-refractivity contribution in [1.82, 2.24) is 0 Å². The Morgan fingerprint density at radius 2 is 1.12 bits per heavy atom. The average Bonchev–Trinajstić information content (AvgIpc) is 2.22. The highest BCUT2D eigenvalue weighted by atomic mass is 31.2. The number of carbonyl (C=O) groups excluding carboxylic acids is 1. The second-order valence-electron chi connectivity index (χ2n) is 2.79. The lowest BCUT2D eigenvalue weighted by Crippen LogP contribution is -2.12. The van der Waals surface area contributed by atoms with Gasteiger partial charge in [-0.3, -0.25) is 9.36 Å². The molecule has 1 aromatic carbocycles. The fourth-order valence-corrected chi connectivity index (χ4v) is 1.43. The molecule has 1 aromatic rings. The molecule has 4 nitrogen and oxygen atoms in total. The summed E-state index contributed by atoms with van der Waals surface area (Å²) >= 11 is 0. The van der Waals surface area contributed by atoms with Gasteiger partial charge in [-0.1, -0.05) is 0 Å². The first-order valence-electron chi connectivity index (χ1n) is 3.71. The van der Waals surface area contributed by atoms with Gasteiger partial charge in [0.2, 0.25) is 5.82 Å². The van der Waals surface area contributed by atoms with Crippen molar-refractivity contribution < 1.29 is 41.1 Å². The Bertz CT molecular complexity index is 523. The third-order valence-corrected chi connectivity index (χ3v) is 2.44. The van der Waals surface area contributed by atoms with Crippen LogP contribution in [0.1, 0.15) is 10.4 Å². The molecule has 0 aromatic heterocycles. The van der Waals surface area contributed by atoms with E-state index in [4.69, 9.17) is 9.79 Å². The third kappa shape index (κ3) is 2.21. The summed E-state index contributed by atoms with van der Waals surface area (Å²) in [5.74, 6) is -12.6. The molecule has 10 heteroatoms. The second kappa shape index (κ2) is 4.17. The quantitative estimate of drug-likeness (QED) is 0.373. The van der Waals surface area contributed by atoms with Crippen molar-refractivity contribution in [2.45, 2.75) is 0 Å². The number of benzene rings is 1. The third-order valence-electron chi connectivity index (χ3n) is 1.69. The van der Waals surface area contributed by atoms with Gasteiger partial charge in [-0.05, 0) is 0 Å². The van der Waals surface area contributed by atoms with Crippen LogP contribution in [0.5, 0.6) is 0 Å². The SMILES string of the molecule is O=C(c1c(F)c(F)c(F)c(F)c1F)P(=O)(O)O. The molecule has 1 rings (SSSR count). The topological polar surface area (TPSA) is 74.6 Å². The fourth-order valence-electron chi connectivity index (χ4n) is 0.938. The zero-order valence-corrected chi connectivity index (χ0v) is 8.44. The lowest BCUT2D eigenvalue weighted by molar-refractivity contribution is 0.103. The van der Waals surface area contributed by atoms with Gasteiger partial charge in [0, 0.05) is 0 Å². The standard InChI is InChI=1S/C7H2F5O4P/c8-2-1(7(13)17(14,15)16)3(9)5(11)6(12)4(2)10/h(H2,14,15,16). The highest BCUT2D eigenvalue weighted by Crippen LogP contribution is 2.41. The molecule has 0 amide bonds. The van der Waals surface area contributed by atoms with Crippen LogP contribution in [0.25, 0.3) is 0 Å². The van der Waals surface area contributed by atoms with Crippen LogP contribution in [-0.2, 0) is 4.57 Å². The second-order valence-corrected chi connectivity index (χ2v) is 4.29. The molecule has 0 unspecified atom stereocenters. The summed E-state index contributed by atoms with van der Waals surface area (Å²) in [5.41, 5.74) is -4.64. The van der Waals surface area contributed by atoms with E-state index in [1.54, 1.807) is 0 Å². The summed E-state index contributed by atoms with van der Waals surface area (Å²) in [6.07, 6.45) is 0. The van der Waals surface area contributed by atoms with Crippen molar-refractivity contribution in [3.8, 4) is 0 Å². The van der Waals surface area contributed by atoms with Gasteiger partial charge >= 0.3 is 7.60 Å². The summed E-state index contributed by atoms with van der Waals surface area (Å²) < 4.78 is 73.9. The maximum absolute atomic E-state index is 12.9. The largest absolute Gasteiger partial charge is 0.396 e. The lowest BCUT2D eigenvalue weighted by Gasteiger charge is -2.07. The molecule has 0 aliphatic rings. The molecule has 0 saturated carbocycles.